The maximum Gasteiger partial charge on any atom is 0.349 e. The van der Waals surface area contributed by atoms with Gasteiger partial charge in [0.15, 0.2) is 0 Å². The number of hydrogen-bond donors (Lipinski definition) is 1. The molecule has 0 aliphatic rings. The van der Waals surface area contributed by atoms with Crippen molar-refractivity contribution < 1.29 is 18.7 Å². The van der Waals surface area contributed by atoms with E-state index in [4.69, 9.17) is 4.74 Å². The minimum absolute atomic E-state index is 0.0341. The minimum Gasteiger partial charge on any atom is -0.443 e. The maximum atomic E-state index is 14.1. The summed E-state index contributed by atoms with van der Waals surface area (Å²) in [6.07, 6.45) is -0.659. The van der Waals surface area contributed by atoms with Gasteiger partial charge in [0.2, 0.25) is 6.10 Å². The second-order valence-corrected chi connectivity index (χ2v) is 6.96. The molecule has 1 aromatic heterocycles. The molecule has 6 heteroatoms. The van der Waals surface area contributed by atoms with Crippen molar-refractivity contribution in [3.63, 3.8) is 0 Å². The van der Waals surface area contributed by atoms with E-state index in [1.54, 1.807) is 23.6 Å². The van der Waals surface area contributed by atoms with E-state index in [1.807, 2.05) is 20.8 Å². The lowest BCUT2D eigenvalue weighted by atomic mass is 10.0. The summed E-state index contributed by atoms with van der Waals surface area (Å²) >= 11 is 1.20. The van der Waals surface area contributed by atoms with Gasteiger partial charge in [-0.25, -0.2) is 9.18 Å². The van der Waals surface area contributed by atoms with Crippen LogP contribution >= 0.6 is 11.3 Å². The van der Waals surface area contributed by atoms with E-state index in [0.717, 1.165) is 0 Å². The molecular formula is C18H20FNO3S. The summed E-state index contributed by atoms with van der Waals surface area (Å²) in [5, 5.41) is 4.53. The van der Waals surface area contributed by atoms with Crippen LogP contribution in [0, 0.1) is 5.82 Å². The number of halogens is 1. The molecule has 24 heavy (non-hydrogen) atoms. The number of nitrogens with one attached hydrogen (secondary N) is 1. The smallest absolute Gasteiger partial charge is 0.349 e. The van der Waals surface area contributed by atoms with Crippen molar-refractivity contribution in [2.24, 2.45) is 0 Å². The molecule has 1 atom stereocenters. The predicted octanol–water partition coefficient (Wildman–Crippen LogP) is 4.09. The van der Waals surface area contributed by atoms with Crippen molar-refractivity contribution in [3.05, 3.63) is 58.0 Å². The van der Waals surface area contributed by atoms with Crippen molar-refractivity contribution in [3.8, 4) is 0 Å². The van der Waals surface area contributed by atoms with Crippen LogP contribution in [0.1, 0.15) is 48.5 Å². The summed E-state index contributed by atoms with van der Waals surface area (Å²) in [5.74, 6) is -1.79. The normalized spacial score (nSPS) is 12.5. The van der Waals surface area contributed by atoms with Crippen molar-refractivity contribution in [1.82, 2.24) is 5.32 Å². The lowest BCUT2D eigenvalue weighted by Crippen LogP contribution is -2.46. The zero-order chi connectivity index (χ0) is 17.7. The second-order valence-electron chi connectivity index (χ2n) is 6.01. The maximum absolute atomic E-state index is 14.1. The molecule has 128 valence electrons. The van der Waals surface area contributed by atoms with Gasteiger partial charge < -0.3 is 10.1 Å². The first kappa shape index (κ1) is 18.1. The quantitative estimate of drug-likeness (QED) is 0.799. The van der Waals surface area contributed by atoms with Crippen molar-refractivity contribution in [2.45, 2.75) is 38.8 Å². The highest BCUT2D eigenvalue weighted by atomic mass is 32.1. The Bertz CT molecular complexity index is 713. The van der Waals surface area contributed by atoms with E-state index in [1.165, 1.54) is 29.5 Å². The first-order valence-corrected chi connectivity index (χ1v) is 8.53. The summed E-state index contributed by atoms with van der Waals surface area (Å²) in [5.41, 5.74) is -0.456. The van der Waals surface area contributed by atoms with Crippen LogP contribution < -0.4 is 5.32 Å². The standard InChI is InChI=1S/C18H20FNO3S/c1-4-18(2,3)20-16(21)15(12-8-5-6-9-13(12)19)23-17(22)14-10-7-11-24-14/h5-11,15H,4H2,1-3H3,(H,20,21). The van der Waals surface area contributed by atoms with E-state index in [2.05, 4.69) is 5.32 Å². The van der Waals surface area contributed by atoms with Crippen molar-refractivity contribution in [1.29, 1.82) is 0 Å². The van der Waals surface area contributed by atoms with E-state index >= 15 is 0 Å². The van der Waals surface area contributed by atoms with Crippen LogP contribution in [0.25, 0.3) is 0 Å². The van der Waals surface area contributed by atoms with Crippen LogP contribution in [0.3, 0.4) is 0 Å². The summed E-state index contributed by atoms with van der Waals surface area (Å²) in [6.45, 7) is 5.63. The molecule has 0 spiro atoms. The fourth-order valence-corrected chi connectivity index (χ4v) is 2.60. The molecule has 2 rings (SSSR count). The van der Waals surface area contributed by atoms with Gasteiger partial charge in [0.25, 0.3) is 5.91 Å². The monoisotopic (exact) mass is 349 g/mol. The van der Waals surface area contributed by atoms with Crippen LogP contribution in [0.15, 0.2) is 41.8 Å². The number of benzene rings is 1. The minimum atomic E-state index is -1.34. The fourth-order valence-electron chi connectivity index (χ4n) is 1.99. The zero-order valence-electron chi connectivity index (χ0n) is 13.8. The van der Waals surface area contributed by atoms with Crippen LogP contribution in [-0.2, 0) is 9.53 Å². The molecule has 1 heterocycles. The Balaban J connectivity index is 2.30. The average molecular weight is 349 g/mol. The third kappa shape index (κ3) is 4.41. The molecular weight excluding hydrogens is 329 g/mol. The third-order valence-corrected chi connectivity index (χ3v) is 4.57. The molecule has 1 N–H and O–H groups in total. The molecule has 0 aliphatic carbocycles. The highest BCUT2D eigenvalue weighted by Gasteiger charge is 2.31. The highest BCUT2D eigenvalue weighted by Crippen LogP contribution is 2.24. The van der Waals surface area contributed by atoms with Gasteiger partial charge in [-0.05, 0) is 37.8 Å². The average Bonchev–Trinajstić information content (AvgIpc) is 3.07. The van der Waals surface area contributed by atoms with Gasteiger partial charge in [-0.15, -0.1) is 11.3 Å². The fraction of sp³-hybridized carbons (Fsp3) is 0.333. The molecule has 0 saturated carbocycles. The van der Waals surface area contributed by atoms with Crippen molar-refractivity contribution in [2.75, 3.05) is 0 Å². The number of carbonyl (C=O) groups is 2. The van der Waals surface area contributed by atoms with E-state index in [-0.39, 0.29) is 5.56 Å². The SMILES string of the molecule is CCC(C)(C)NC(=O)C(OC(=O)c1cccs1)c1ccccc1F. The number of amides is 1. The van der Waals surface area contributed by atoms with Crippen LogP contribution in [0.2, 0.25) is 0 Å². The van der Waals surface area contributed by atoms with Crippen LogP contribution in [0.5, 0.6) is 0 Å². The van der Waals surface area contributed by atoms with Gasteiger partial charge in [0.05, 0.1) is 0 Å². The first-order valence-electron chi connectivity index (χ1n) is 7.65. The second kappa shape index (κ2) is 7.57. The van der Waals surface area contributed by atoms with Gasteiger partial charge in [0.1, 0.15) is 10.7 Å². The van der Waals surface area contributed by atoms with Gasteiger partial charge in [-0.2, -0.15) is 0 Å². The largest absolute Gasteiger partial charge is 0.443 e. The van der Waals surface area contributed by atoms with E-state index in [0.29, 0.717) is 11.3 Å². The Hall–Kier alpha value is -2.21. The lowest BCUT2D eigenvalue weighted by Gasteiger charge is -2.27. The Morgan fingerprint density at radius 3 is 2.54 bits per heavy atom. The number of hydrogen-bond acceptors (Lipinski definition) is 4. The summed E-state index contributed by atoms with van der Waals surface area (Å²) in [4.78, 5) is 25.2. The molecule has 2 aromatic rings. The first-order chi connectivity index (χ1) is 11.3. The summed E-state index contributed by atoms with van der Waals surface area (Å²) in [7, 11) is 0. The molecule has 0 radical (unpaired) electrons. The Morgan fingerprint density at radius 2 is 1.96 bits per heavy atom. The number of esters is 1. The summed E-state index contributed by atoms with van der Waals surface area (Å²) < 4.78 is 19.5. The zero-order valence-corrected chi connectivity index (χ0v) is 14.7. The molecule has 0 aliphatic heterocycles. The Kier molecular flexibility index (Phi) is 5.72. The topological polar surface area (TPSA) is 55.4 Å². The molecule has 1 unspecified atom stereocenters. The molecule has 4 nitrogen and oxygen atoms in total. The Labute approximate surface area is 144 Å². The molecule has 0 fully saturated rings. The van der Waals surface area contributed by atoms with Gasteiger partial charge in [-0.1, -0.05) is 31.2 Å². The number of carbonyl (C=O) groups excluding carboxylic acids is 2. The number of ether oxygens (including phenoxy) is 1. The number of thiophene rings is 1. The van der Waals surface area contributed by atoms with Crippen LogP contribution in [0.4, 0.5) is 4.39 Å². The predicted molar refractivity (Wildman–Crippen MR) is 91.4 cm³/mol. The lowest BCUT2D eigenvalue weighted by molar-refractivity contribution is -0.132. The summed E-state index contributed by atoms with van der Waals surface area (Å²) in [6, 6.07) is 9.10. The Morgan fingerprint density at radius 1 is 1.25 bits per heavy atom. The molecule has 0 saturated heterocycles. The molecule has 1 amide bonds. The highest BCUT2D eigenvalue weighted by molar-refractivity contribution is 7.11. The third-order valence-electron chi connectivity index (χ3n) is 3.72. The molecule has 0 bridgehead atoms. The number of rotatable bonds is 6. The molecule has 1 aromatic carbocycles. The van der Waals surface area contributed by atoms with E-state index < -0.39 is 29.3 Å². The van der Waals surface area contributed by atoms with Gasteiger partial charge in [0, 0.05) is 11.1 Å². The van der Waals surface area contributed by atoms with Crippen molar-refractivity contribution >= 4 is 23.2 Å². The van der Waals surface area contributed by atoms with Gasteiger partial charge in [-0.3, -0.25) is 4.79 Å². The van der Waals surface area contributed by atoms with Crippen LogP contribution in [-0.4, -0.2) is 17.4 Å². The van der Waals surface area contributed by atoms with Gasteiger partial charge >= 0.3 is 5.97 Å². The van der Waals surface area contributed by atoms with E-state index in [9.17, 15) is 14.0 Å².